The number of aliphatic hydroxyl groups excluding tert-OH is 1. The number of rotatable bonds is 12. The van der Waals surface area contributed by atoms with Crippen molar-refractivity contribution in [2.75, 3.05) is 59.7 Å². The molecular weight excluding hydrogens is 500 g/mol. The number of hydrogen-bond acceptors (Lipinski definition) is 8. The van der Waals surface area contributed by atoms with E-state index >= 15 is 0 Å². The summed E-state index contributed by atoms with van der Waals surface area (Å²) in [5, 5.41) is 11.4. The summed E-state index contributed by atoms with van der Waals surface area (Å²) in [6, 6.07) is 11.3. The fourth-order valence-corrected chi connectivity index (χ4v) is 4.74. The van der Waals surface area contributed by atoms with Gasteiger partial charge in [-0.25, -0.2) is 0 Å². The fourth-order valence-electron chi connectivity index (χ4n) is 4.74. The molecule has 0 saturated carbocycles. The van der Waals surface area contributed by atoms with Crippen LogP contribution >= 0.6 is 0 Å². The predicted octanol–water partition coefficient (Wildman–Crippen LogP) is 3.80. The molecule has 39 heavy (non-hydrogen) atoms. The van der Waals surface area contributed by atoms with Crippen LogP contribution in [0.4, 0.5) is 0 Å². The number of amides is 1. The van der Waals surface area contributed by atoms with E-state index in [4.69, 9.17) is 18.9 Å². The van der Waals surface area contributed by atoms with Crippen molar-refractivity contribution in [2.45, 2.75) is 19.4 Å². The number of carbonyl (C=O) groups excluding carboxylic acids is 2. The monoisotopic (exact) mass is 536 g/mol. The maximum atomic E-state index is 13.4. The van der Waals surface area contributed by atoms with E-state index in [1.54, 1.807) is 48.5 Å². The third kappa shape index (κ3) is 6.43. The molecule has 4 rings (SSSR count). The molecule has 2 aromatic carbocycles. The summed E-state index contributed by atoms with van der Waals surface area (Å²) in [6.45, 7) is 10.2. The minimum Gasteiger partial charge on any atom is -0.507 e. The molecule has 0 radical (unpaired) electrons. The van der Waals surface area contributed by atoms with Crippen LogP contribution in [-0.2, 0) is 14.3 Å². The van der Waals surface area contributed by atoms with E-state index in [0.29, 0.717) is 67.9 Å². The Balaban J connectivity index is 1.73. The lowest BCUT2D eigenvalue weighted by molar-refractivity contribution is -0.140. The number of methoxy groups -OCH3 is 1. The highest BCUT2D eigenvalue weighted by Crippen LogP contribution is 2.42. The SMILES string of the molecule is C=CCOc1ccc(C2C(=C(O)c3ccc(OCCC)cc3)C(=O)C(=O)N2CCN2CCOCC2)cc1OC. The lowest BCUT2D eigenvalue weighted by atomic mass is 9.95. The van der Waals surface area contributed by atoms with Crippen LogP contribution in [-0.4, -0.2) is 86.3 Å². The van der Waals surface area contributed by atoms with E-state index in [2.05, 4.69) is 11.5 Å². The van der Waals surface area contributed by atoms with Gasteiger partial charge >= 0.3 is 0 Å². The van der Waals surface area contributed by atoms with Crippen LogP contribution in [0.2, 0.25) is 0 Å². The molecule has 0 aromatic heterocycles. The minimum atomic E-state index is -0.801. The van der Waals surface area contributed by atoms with Crippen LogP contribution in [0, 0.1) is 0 Å². The summed E-state index contributed by atoms with van der Waals surface area (Å²) in [6.07, 6.45) is 2.50. The second-order valence-corrected chi connectivity index (χ2v) is 9.33. The first-order valence-corrected chi connectivity index (χ1v) is 13.2. The van der Waals surface area contributed by atoms with Crippen molar-refractivity contribution >= 4 is 17.4 Å². The predicted molar refractivity (Wildman–Crippen MR) is 147 cm³/mol. The second-order valence-electron chi connectivity index (χ2n) is 9.33. The van der Waals surface area contributed by atoms with E-state index in [0.717, 1.165) is 19.5 Å². The molecule has 1 amide bonds. The molecule has 2 aliphatic rings. The first-order chi connectivity index (χ1) is 19.0. The normalized spacial score (nSPS) is 19.2. The molecule has 0 aliphatic carbocycles. The average Bonchev–Trinajstić information content (AvgIpc) is 3.23. The van der Waals surface area contributed by atoms with Gasteiger partial charge in [-0.05, 0) is 48.4 Å². The number of likely N-dealkylation sites (tertiary alicyclic amines) is 1. The quantitative estimate of drug-likeness (QED) is 0.189. The van der Waals surface area contributed by atoms with Crippen LogP contribution in [0.25, 0.3) is 5.76 Å². The topological polar surface area (TPSA) is 97.8 Å². The van der Waals surface area contributed by atoms with Crippen LogP contribution in [0.5, 0.6) is 17.2 Å². The van der Waals surface area contributed by atoms with Crippen molar-refractivity contribution in [1.29, 1.82) is 0 Å². The zero-order chi connectivity index (χ0) is 27.8. The zero-order valence-corrected chi connectivity index (χ0v) is 22.6. The fraction of sp³-hybridized carbons (Fsp3) is 0.400. The number of morpholine rings is 1. The van der Waals surface area contributed by atoms with Gasteiger partial charge in [0.1, 0.15) is 18.1 Å². The highest BCUT2D eigenvalue weighted by Gasteiger charge is 2.46. The number of hydrogen-bond donors (Lipinski definition) is 1. The van der Waals surface area contributed by atoms with Gasteiger partial charge in [0.25, 0.3) is 11.7 Å². The van der Waals surface area contributed by atoms with Crippen LogP contribution in [0.1, 0.15) is 30.5 Å². The number of ether oxygens (including phenoxy) is 4. The Kier molecular flexibility index (Phi) is 9.62. The average molecular weight is 537 g/mol. The van der Waals surface area contributed by atoms with Gasteiger partial charge in [0.15, 0.2) is 11.5 Å². The number of carbonyl (C=O) groups is 2. The Morgan fingerprint density at radius 3 is 2.49 bits per heavy atom. The van der Waals surface area contributed by atoms with Gasteiger partial charge in [0, 0.05) is 31.7 Å². The molecule has 2 saturated heterocycles. The maximum Gasteiger partial charge on any atom is 0.295 e. The van der Waals surface area contributed by atoms with Gasteiger partial charge < -0.3 is 29.0 Å². The van der Waals surface area contributed by atoms with Crippen molar-refractivity contribution < 1.29 is 33.6 Å². The molecule has 1 N–H and O–H groups in total. The van der Waals surface area contributed by atoms with Crippen LogP contribution in [0.15, 0.2) is 60.7 Å². The van der Waals surface area contributed by atoms with Crippen LogP contribution < -0.4 is 14.2 Å². The maximum absolute atomic E-state index is 13.4. The summed E-state index contributed by atoms with van der Waals surface area (Å²) < 4.78 is 22.3. The van der Waals surface area contributed by atoms with Crippen molar-refractivity contribution in [3.8, 4) is 17.2 Å². The summed E-state index contributed by atoms with van der Waals surface area (Å²) in [4.78, 5) is 30.5. The Labute approximate surface area is 229 Å². The summed E-state index contributed by atoms with van der Waals surface area (Å²) in [5.41, 5.74) is 1.09. The first kappa shape index (κ1) is 28.2. The highest BCUT2D eigenvalue weighted by atomic mass is 16.5. The zero-order valence-electron chi connectivity index (χ0n) is 22.6. The first-order valence-electron chi connectivity index (χ1n) is 13.2. The van der Waals surface area contributed by atoms with Crippen molar-refractivity contribution in [3.05, 3.63) is 71.8 Å². The van der Waals surface area contributed by atoms with Gasteiger partial charge in [0.05, 0.1) is 38.5 Å². The summed E-state index contributed by atoms with van der Waals surface area (Å²) >= 11 is 0. The minimum absolute atomic E-state index is 0.0333. The smallest absolute Gasteiger partial charge is 0.295 e. The number of nitrogens with zero attached hydrogens (tertiary/aromatic N) is 2. The van der Waals surface area contributed by atoms with Gasteiger partial charge in [-0.2, -0.15) is 0 Å². The number of Topliss-reactive ketones (excluding diaryl/α,β-unsaturated/α-hetero) is 1. The van der Waals surface area contributed by atoms with Gasteiger partial charge in [0.2, 0.25) is 0 Å². The molecule has 9 heteroatoms. The van der Waals surface area contributed by atoms with Crippen molar-refractivity contribution in [3.63, 3.8) is 0 Å². The second kappa shape index (κ2) is 13.3. The molecule has 1 unspecified atom stereocenters. The highest BCUT2D eigenvalue weighted by molar-refractivity contribution is 6.46. The molecule has 2 aromatic rings. The molecule has 208 valence electrons. The number of aliphatic hydroxyl groups is 1. The van der Waals surface area contributed by atoms with Crippen molar-refractivity contribution in [1.82, 2.24) is 9.80 Å². The Morgan fingerprint density at radius 2 is 1.82 bits per heavy atom. The lowest BCUT2D eigenvalue weighted by Crippen LogP contribution is -2.42. The van der Waals surface area contributed by atoms with Gasteiger partial charge in [-0.15, -0.1) is 0 Å². The van der Waals surface area contributed by atoms with Crippen molar-refractivity contribution in [2.24, 2.45) is 0 Å². The molecule has 9 nitrogen and oxygen atoms in total. The third-order valence-corrected chi connectivity index (χ3v) is 6.76. The standard InChI is InChI=1S/C30H36N2O7/c1-4-16-38-23-9-6-21(7-10-23)28(33)26-27(22-8-11-24(39-17-5-2)25(20-22)36-3)32(30(35)29(26)34)13-12-31-14-18-37-19-15-31/h5-11,20,27,33H,2,4,12-19H2,1,3H3. The van der Waals surface area contributed by atoms with E-state index in [9.17, 15) is 14.7 Å². The van der Waals surface area contributed by atoms with E-state index in [1.165, 1.54) is 12.0 Å². The summed E-state index contributed by atoms with van der Waals surface area (Å²) in [7, 11) is 1.53. The summed E-state index contributed by atoms with van der Waals surface area (Å²) in [5.74, 6) is 0.0102. The Hall–Kier alpha value is -3.82. The number of benzene rings is 2. The molecule has 2 heterocycles. The Morgan fingerprint density at radius 1 is 1.08 bits per heavy atom. The van der Waals surface area contributed by atoms with E-state index in [1.807, 2.05) is 6.92 Å². The van der Waals surface area contributed by atoms with E-state index < -0.39 is 17.7 Å². The largest absolute Gasteiger partial charge is 0.507 e. The van der Waals surface area contributed by atoms with Gasteiger partial charge in [-0.3, -0.25) is 14.5 Å². The third-order valence-electron chi connectivity index (χ3n) is 6.76. The molecular formula is C30H36N2O7. The number of ketones is 1. The molecule has 0 bridgehead atoms. The van der Waals surface area contributed by atoms with Crippen LogP contribution in [0.3, 0.4) is 0 Å². The molecule has 2 aliphatic heterocycles. The van der Waals surface area contributed by atoms with Gasteiger partial charge in [-0.1, -0.05) is 25.6 Å². The Bertz CT molecular complexity index is 1200. The van der Waals surface area contributed by atoms with E-state index in [-0.39, 0.29) is 11.3 Å². The molecule has 2 fully saturated rings. The lowest BCUT2D eigenvalue weighted by Gasteiger charge is -2.31. The molecule has 1 atom stereocenters. The molecule has 0 spiro atoms.